The lowest BCUT2D eigenvalue weighted by molar-refractivity contribution is -0.117. The number of benzene rings is 2. The minimum Gasteiger partial charge on any atom is -0.396 e. The van der Waals surface area contributed by atoms with Crippen LogP contribution in [0.4, 0.5) is 5.69 Å². The summed E-state index contributed by atoms with van der Waals surface area (Å²) >= 11 is 0. The monoisotopic (exact) mass is 338 g/mol. The molecule has 25 heavy (non-hydrogen) atoms. The molecule has 2 aromatic carbocycles. The number of carbonyl (C=O) groups excluding carboxylic acids is 1. The molecule has 1 fully saturated rings. The summed E-state index contributed by atoms with van der Waals surface area (Å²) in [4.78, 5) is 14.6. The van der Waals surface area contributed by atoms with Gasteiger partial charge >= 0.3 is 0 Å². The molecule has 0 unspecified atom stereocenters. The molecule has 0 radical (unpaired) electrons. The minimum absolute atomic E-state index is 0.0305. The van der Waals surface area contributed by atoms with Gasteiger partial charge in [0.05, 0.1) is 6.54 Å². The highest BCUT2D eigenvalue weighted by Gasteiger charge is 2.20. The third kappa shape index (κ3) is 5.15. The molecule has 1 amide bonds. The standard InChI is InChI=1S/C21H26N2O2/c24-16-18-10-12-23(13-11-18)15-21(25)22-20-9-5-4-8-19(20)14-17-6-2-1-3-7-17/h1-9,18,24H,10-16H2,(H,22,25). The van der Waals surface area contributed by atoms with Gasteiger partial charge in [-0.3, -0.25) is 9.69 Å². The summed E-state index contributed by atoms with van der Waals surface area (Å²) in [6.45, 7) is 2.43. The van der Waals surface area contributed by atoms with Crippen LogP contribution in [0.25, 0.3) is 0 Å². The van der Waals surface area contributed by atoms with E-state index in [9.17, 15) is 9.90 Å². The molecule has 2 N–H and O–H groups in total. The van der Waals surface area contributed by atoms with Crippen LogP contribution in [0.1, 0.15) is 24.0 Å². The fourth-order valence-electron chi connectivity index (χ4n) is 3.33. The summed E-state index contributed by atoms with van der Waals surface area (Å²) in [7, 11) is 0. The number of aliphatic hydroxyl groups excluding tert-OH is 1. The second-order valence-electron chi connectivity index (χ2n) is 6.77. The summed E-state index contributed by atoms with van der Waals surface area (Å²) in [6.07, 6.45) is 2.74. The van der Waals surface area contributed by atoms with Gasteiger partial charge < -0.3 is 10.4 Å². The second-order valence-corrected chi connectivity index (χ2v) is 6.77. The molecule has 0 spiro atoms. The molecule has 1 saturated heterocycles. The second kappa shape index (κ2) is 8.79. The van der Waals surface area contributed by atoms with Crippen LogP contribution < -0.4 is 5.32 Å². The average Bonchev–Trinajstić information content (AvgIpc) is 2.65. The highest BCUT2D eigenvalue weighted by atomic mass is 16.3. The van der Waals surface area contributed by atoms with Crippen molar-refractivity contribution in [3.63, 3.8) is 0 Å². The SMILES string of the molecule is O=C(CN1CCC(CO)CC1)Nc1ccccc1Cc1ccccc1. The maximum absolute atomic E-state index is 12.4. The quantitative estimate of drug-likeness (QED) is 0.851. The van der Waals surface area contributed by atoms with E-state index in [1.54, 1.807) is 0 Å². The number of anilines is 1. The van der Waals surface area contributed by atoms with Crippen molar-refractivity contribution in [2.45, 2.75) is 19.3 Å². The maximum atomic E-state index is 12.4. The number of carbonyl (C=O) groups is 1. The first-order valence-electron chi connectivity index (χ1n) is 8.99. The Labute approximate surface area is 149 Å². The Kier molecular flexibility index (Phi) is 6.20. The number of likely N-dealkylation sites (tertiary alicyclic amines) is 1. The van der Waals surface area contributed by atoms with Crippen molar-refractivity contribution < 1.29 is 9.90 Å². The van der Waals surface area contributed by atoms with Gasteiger partial charge in [-0.15, -0.1) is 0 Å². The van der Waals surface area contributed by atoms with E-state index in [4.69, 9.17) is 0 Å². The summed E-state index contributed by atoms with van der Waals surface area (Å²) in [6, 6.07) is 18.3. The lowest BCUT2D eigenvalue weighted by Gasteiger charge is -2.30. The highest BCUT2D eigenvalue weighted by molar-refractivity contribution is 5.93. The van der Waals surface area contributed by atoms with E-state index in [-0.39, 0.29) is 12.5 Å². The molecule has 1 aliphatic heterocycles. The number of hydrogen-bond donors (Lipinski definition) is 2. The number of rotatable bonds is 6. The van der Waals surface area contributed by atoms with E-state index in [2.05, 4.69) is 28.4 Å². The van der Waals surface area contributed by atoms with Gasteiger partial charge in [0.2, 0.25) is 5.91 Å². The van der Waals surface area contributed by atoms with Crippen LogP contribution >= 0.6 is 0 Å². The van der Waals surface area contributed by atoms with E-state index in [0.29, 0.717) is 12.5 Å². The zero-order valence-corrected chi connectivity index (χ0v) is 14.5. The number of aliphatic hydroxyl groups is 1. The molecule has 3 rings (SSSR count). The van der Waals surface area contributed by atoms with Crippen molar-refractivity contribution in [3.05, 3.63) is 65.7 Å². The zero-order chi connectivity index (χ0) is 17.5. The molecule has 1 heterocycles. The molecule has 2 aromatic rings. The Balaban J connectivity index is 1.58. The third-order valence-electron chi connectivity index (χ3n) is 4.86. The molecule has 1 aliphatic rings. The molecule has 4 heteroatoms. The Morgan fingerprint density at radius 1 is 1.04 bits per heavy atom. The number of para-hydroxylation sites is 1. The average molecular weight is 338 g/mol. The zero-order valence-electron chi connectivity index (χ0n) is 14.5. The molecular weight excluding hydrogens is 312 g/mol. The fourth-order valence-corrected chi connectivity index (χ4v) is 3.33. The van der Waals surface area contributed by atoms with E-state index < -0.39 is 0 Å². The van der Waals surface area contributed by atoms with Gasteiger partial charge in [-0.25, -0.2) is 0 Å². The minimum atomic E-state index is 0.0305. The Morgan fingerprint density at radius 3 is 2.44 bits per heavy atom. The van der Waals surface area contributed by atoms with Crippen LogP contribution in [0.15, 0.2) is 54.6 Å². The summed E-state index contributed by atoms with van der Waals surface area (Å²) in [5.74, 6) is 0.425. The normalized spacial score (nSPS) is 15.9. The van der Waals surface area contributed by atoms with Crippen molar-refractivity contribution in [1.82, 2.24) is 4.90 Å². The predicted octanol–water partition coefficient (Wildman–Crippen LogP) is 2.92. The highest BCUT2D eigenvalue weighted by Crippen LogP contribution is 2.20. The van der Waals surface area contributed by atoms with Gasteiger partial charge in [-0.05, 0) is 55.5 Å². The van der Waals surface area contributed by atoms with Crippen LogP contribution in [0, 0.1) is 5.92 Å². The van der Waals surface area contributed by atoms with Gasteiger partial charge in [0, 0.05) is 12.3 Å². The smallest absolute Gasteiger partial charge is 0.238 e. The van der Waals surface area contributed by atoms with Crippen LogP contribution in [0.2, 0.25) is 0 Å². The lowest BCUT2D eigenvalue weighted by atomic mass is 9.98. The van der Waals surface area contributed by atoms with Crippen molar-refractivity contribution >= 4 is 11.6 Å². The molecule has 0 saturated carbocycles. The molecule has 0 aromatic heterocycles. The van der Waals surface area contributed by atoms with E-state index in [0.717, 1.165) is 43.6 Å². The first-order valence-corrected chi connectivity index (χ1v) is 8.99. The Hall–Kier alpha value is -2.17. The molecular formula is C21H26N2O2. The maximum Gasteiger partial charge on any atom is 0.238 e. The first-order chi connectivity index (χ1) is 12.2. The third-order valence-corrected chi connectivity index (χ3v) is 4.86. The van der Waals surface area contributed by atoms with E-state index in [1.807, 2.05) is 36.4 Å². The van der Waals surface area contributed by atoms with E-state index in [1.165, 1.54) is 5.56 Å². The van der Waals surface area contributed by atoms with Gasteiger partial charge in [0.1, 0.15) is 0 Å². The van der Waals surface area contributed by atoms with Crippen LogP contribution in [-0.2, 0) is 11.2 Å². The largest absolute Gasteiger partial charge is 0.396 e. The summed E-state index contributed by atoms with van der Waals surface area (Å²) in [5, 5.41) is 12.3. The van der Waals surface area contributed by atoms with Crippen molar-refractivity contribution in [1.29, 1.82) is 0 Å². The number of amides is 1. The summed E-state index contributed by atoms with van der Waals surface area (Å²) in [5.41, 5.74) is 3.25. The number of nitrogens with one attached hydrogen (secondary N) is 1. The van der Waals surface area contributed by atoms with Gasteiger partial charge in [0.25, 0.3) is 0 Å². The van der Waals surface area contributed by atoms with Gasteiger partial charge in [-0.1, -0.05) is 48.5 Å². The van der Waals surface area contributed by atoms with Crippen LogP contribution in [0.5, 0.6) is 0 Å². The predicted molar refractivity (Wildman–Crippen MR) is 101 cm³/mol. The lowest BCUT2D eigenvalue weighted by Crippen LogP contribution is -2.39. The number of hydrogen-bond acceptors (Lipinski definition) is 3. The number of nitrogens with zero attached hydrogens (tertiary/aromatic N) is 1. The van der Waals surface area contributed by atoms with Crippen molar-refractivity contribution in [2.75, 3.05) is 31.6 Å². The molecule has 132 valence electrons. The van der Waals surface area contributed by atoms with Gasteiger partial charge in [0.15, 0.2) is 0 Å². The number of piperidine rings is 1. The van der Waals surface area contributed by atoms with Gasteiger partial charge in [-0.2, -0.15) is 0 Å². The summed E-state index contributed by atoms with van der Waals surface area (Å²) < 4.78 is 0. The van der Waals surface area contributed by atoms with Crippen molar-refractivity contribution in [2.24, 2.45) is 5.92 Å². The van der Waals surface area contributed by atoms with Crippen molar-refractivity contribution in [3.8, 4) is 0 Å². The topological polar surface area (TPSA) is 52.6 Å². The molecule has 0 atom stereocenters. The van der Waals surface area contributed by atoms with E-state index >= 15 is 0 Å². The molecule has 4 nitrogen and oxygen atoms in total. The first kappa shape index (κ1) is 17.6. The van der Waals surface area contributed by atoms with Crippen LogP contribution in [0.3, 0.4) is 0 Å². The molecule has 0 aliphatic carbocycles. The molecule has 0 bridgehead atoms. The van der Waals surface area contributed by atoms with Crippen LogP contribution in [-0.4, -0.2) is 42.2 Å². The fraction of sp³-hybridized carbons (Fsp3) is 0.381. The Morgan fingerprint density at radius 2 is 1.72 bits per heavy atom. The Bertz CT molecular complexity index is 679.